The number of nitriles is 1. The van der Waals surface area contributed by atoms with Crippen molar-refractivity contribution >= 4 is 0 Å². The zero-order chi connectivity index (χ0) is 14.0. The molecule has 0 bridgehead atoms. The minimum atomic E-state index is -0.844. The van der Waals surface area contributed by atoms with Crippen LogP contribution in [0.5, 0.6) is 0 Å². The summed E-state index contributed by atoms with van der Waals surface area (Å²) in [6.07, 6.45) is 4.90. The van der Waals surface area contributed by atoms with Gasteiger partial charge in [-0.1, -0.05) is 0 Å². The zero-order valence-corrected chi connectivity index (χ0v) is 11.1. The first kappa shape index (κ1) is 13.2. The highest BCUT2D eigenvalue weighted by atomic mass is 16.3. The standard InChI is InChI=1S/C13H15N5O/c1-9-15-5-10(4-14)12(17-9)11-6-16-18(7-11)8-13(2,3)19/h5-7,19H,8H2,1-3H3. The molecule has 2 heterocycles. The van der Waals surface area contributed by atoms with Gasteiger partial charge in [0.15, 0.2) is 0 Å². The first-order valence-corrected chi connectivity index (χ1v) is 5.88. The molecule has 0 saturated heterocycles. The maximum atomic E-state index is 9.76. The Labute approximate surface area is 111 Å². The van der Waals surface area contributed by atoms with Crippen LogP contribution >= 0.6 is 0 Å². The molecule has 0 spiro atoms. The van der Waals surface area contributed by atoms with Gasteiger partial charge in [0.2, 0.25) is 0 Å². The van der Waals surface area contributed by atoms with Crippen LogP contribution in [0, 0.1) is 18.3 Å². The van der Waals surface area contributed by atoms with Crippen LogP contribution in [0.2, 0.25) is 0 Å². The lowest BCUT2D eigenvalue weighted by molar-refractivity contribution is 0.0577. The average Bonchev–Trinajstić information content (AvgIpc) is 2.75. The lowest BCUT2D eigenvalue weighted by atomic mass is 10.1. The summed E-state index contributed by atoms with van der Waals surface area (Å²) in [6.45, 7) is 5.57. The summed E-state index contributed by atoms with van der Waals surface area (Å²) in [5.74, 6) is 0.601. The van der Waals surface area contributed by atoms with E-state index in [2.05, 4.69) is 21.1 Å². The number of hydrogen-bond donors (Lipinski definition) is 1. The summed E-state index contributed by atoms with van der Waals surface area (Å²) < 4.78 is 1.63. The van der Waals surface area contributed by atoms with E-state index in [9.17, 15) is 5.11 Å². The summed E-state index contributed by atoms with van der Waals surface area (Å²) in [5, 5.41) is 23.0. The molecule has 0 fully saturated rings. The topological polar surface area (TPSA) is 87.6 Å². The van der Waals surface area contributed by atoms with Crippen molar-refractivity contribution in [3.05, 3.63) is 30.0 Å². The smallest absolute Gasteiger partial charge is 0.125 e. The van der Waals surface area contributed by atoms with Crippen LogP contribution in [-0.2, 0) is 6.54 Å². The Kier molecular flexibility index (Phi) is 3.32. The maximum Gasteiger partial charge on any atom is 0.125 e. The van der Waals surface area contributed by atoms with E-state index in [0.29, 0.717) is 23.6 Å². The van der Waals surface area contributed by atoms with Crippen molar-refractivity contribution in [2.45, 2.75) is 32.9 Å². The van der Waals surface area contributed by atoms with Gasteiger partial charge in [-0.2, -0.15) is 10.4 Å². The van der Waals surface area contributed by atoms with Gasteiger partial charge < -0.3 is 5.11 Å². The molecule has 19 heavy (non-hydrogen) atoms. The Morgan fingerprint density at radius 2 is 2.16 bits per heavy atom. The molecular weight excluding hydrogens is 242 g/mol. The van der Waals surface area contributed by atoms with E-state index in [-0.39, 0.29) is 0 Å². The molecule has 2 rings (SSSR count). The molecule has 2 aromatic rings. The van der Waals surface area contributed by atoms with Crippen molar-refractivity contribution in [2.75, 3.05) is 0 Å². The lowest BCUT2D eigenvalue weighted by Crippen LogP contribution is -2.26. The molecule has 6 heteroatoms. The van der Waals surface area contributed by atoms with Crippen molar-refractivity contribution in [2.24, 2.45) is 0 Å². The molecule has 0 amide bonds. The highest BCUT2D eigenvalue weighted by Gasteiger charge is 2.16. The largest absolute Gasteiger partial charge is 0.389 e. The molecule has 0 atom stereocenters. The minimum absolute atomic E-state index is 0.374. The number of aryl methyl sites for hydroxylation is 1. The predicted molar refractivity (Wildman–Crippen MR) is 69.0 cm³/mol. The van der Waals surface area contributed by atoms with Crippen LogP contribution < -0.4 is 0 Å². The summed E-state index contributed by atoms with van der Waals surface area (Å²) >= 11 is 0. The van der Waals surface area contributed by atoms with Gasteiger partial charge in [0.1, 0.15) is 11.9 Å². The van der Waals surface area contributed by atoms with Gasteiger partial charge in [-0.3, -0.25) is 4.68 Å². The van der Waals surface area contributed by atoms with Gasteiger partial charge >= 0.3 is 0 Å². The van der Waals surface area contributed by atoms with Gasteiger partial charge in [-0.15, -0.1) is 0 Å². The molecule has 0 aliphatic heterocycles. The highest BCUT2D eigenvalue weighted by Crippen LogP contribution is 2.20. The summed E-state index contributed by atoms with van der Waals surface area (Å²) in [6, 6.07) is 2.07. The molecule has 6 nitrogen and oxygen atoms in total. The second-order valence-electron chi connectivity index (χ2n) is 5.03. The van der Waals surface area contributed by atoms with Crippen molar-refractivity contribution in [3.8, 4) is 17.3 Å². The Balaban J connectivity index is 2.38. The quantitative estimate of drug-likeness (QED) is 0.895. The highest BCUT2D eigenvalue weighted by molar-refractivity contribution is 5.64. The number of aromatic nitrogens is 4. The van der Waals surface area contributed by atoms with Crippen LogP contribution in [0.15, 0.2) is 18.6 Å². The number of hydrogen-bond acceptors (Lipinski definition) is 5. The normalized spacial score (nSPS) is 11.3. The van der Waals surface area contributed by atoms with Crippen molar-refractivity contribution < 1.29 is 5.11 Å². The second-order valence-corrected chi connectivity index (χ2v) is 5.03. The van der Waals surface area contributed by atoms with Crippen molar-refractivity contribution in [1.82, 2.24) is 19.7 Å². The van der Waals surface area contributed by atoms with E-state index in [1.165, 1.54) is 6.20 Å². The average molecular weight is 257 g/mol. The third-order valence-electron chi connectivity index (χ3n) is 2.49. The van der Waals surface area contributed by atoms with Crippen LogP contribution in [-0.4, -0.2) is 30.5 Å². The Hall–Kier alpha value is -2.26. The minimum Gasteiger partial charge on any atom is -0.389 e. The first-order chi connectivity index (χ1) is 8.89. The molecule has 0 aliphatic carbocycles. The molecule has 0 saturated carbocycles. The molecule has 0 aliphatic rings. The molecule has 0 unspecified atom stereocenters. The fourth-order valence-corrected chi connectivity index (χ4v) is 1.74. The monoisotopic (exact) mass is 257 g/mol. The van der Waals surface area contributed by atoms with Gasteiger partial charge in [-0.05, 0) is 20.8 Å². The number of aliphatic hydroxyl groups is 1. The molecule has 1 N–H and O–H groups in total. The van der Waals surface area contributed by atoms with Gasteiger partial charge in [0.05, 0.1) is 29.6 Å². The Morgan fingerprint density at radius 1 is 1.42 bits per heavy atom. The van der Waals surface area contributed by atoms with E-state index in [1.54, 1.807) is 37.8 Å². The Bertz CT molecular complexity index is 633. The SMILES string of the molecule is Cc1ncc(C#N)c(-c2cnn(CC(C)(C)O)c2)n1. The van der Waals surface area contributed by atoms with Gasteiger partial charge in [-0.25, -0.2) is 9.97 Å². The summed E-state index contributed by atoms with van der Waals surface area (Å²) in [5.41, 5.74) is 0.875. The van der Waals surface area contributed by atoms with E-state index >= 15 is 0 Å². The molecule has 2 aromatic heterocycles. The maximum absolute atomic E-state index is 9.76. The summed E-state index contributed by atoms with van der Waals surface area (Å²) in [4.78, 5) is 8.28. The first-order valence-electron chi connectivity index (χ1n) is 5.88. The molecule has 0 aromatic carbocycles. The van der Waals surface area contributed by atoms with Crippen molar-refractivity contribution in [1.29, 1.82) is 5.26 Å². The fraction of sp³-hybridized carbons (Fsp3) is 0.385. The van der Waals surface area contributed by atoms with E-state index in [0.717, 1.165) is 5.56 Å². The van der Waals surface area contributed by atoms with Crippen LogP contribution in [0.4, 0.5) is 0 Å². The second kappa shape index (κ2) is 4.78. The molecule has 98 valence electrons. The van der Waals surface area contributed by atoms with E-state index in [4.69, 9.17) is 5.26 Å². The predicted octanol–water partition coefficient (Wildman–Crippen LogP) is 1.29. The number of rotatable bonds is 3. The lowest BCUT2D eigenvalue weighted by Gasteiger charge is -2.16. The third-order valence-corrected chi connectivity index (χ3v) is 2.49. The van der Waals surface area contributed by atoms with Crippen LogP contribution in [0.3, 0.4) is 0 Å². The van der Waals surface area contributed by atoms with Crippen molar-refractivity contribution in [3.63, 3.8) is 0 Å². The third kappa shape index (κ3) is 3.14. The molecule has 0 radical (unpaired) electrons. The van der Waals surface area contributed by atoms with Gasteiger partial charge in [0.25, 0.3) is 0 Å². The Morgan fingerprint density at radius 3 is 2.79 bits per heavy atom. The van der Waals surface area contributed by atoms with E-state index < -0.39 is 5.60 Å². The molecular formula is C13H15N5O. The van der Waals surface area contributed by atoms with Crippen LogP contribution in [0.25, 0.3) is 11.3 Å². The fourth-order valence-electron chi connectivity index (χ4n) is 1.74. The summed E-state index contributed by atoms with van der Waals surface area (Å²) in [7, 11) is 0. The number of nitrogens with zero attached hydrogens (tertiary/aromatic N) is 5. The van der Waals surface area contributed by atoms with E-state index in [1.807, 2.05) is 0 Å². The van der Waals surface area contributed by atoms with Crippen LogP contribution in [0.1, 0.15) is 25.2 Å². The zero-order valence-electron chi connectivity index (χ0n) is 11.1. The van der Waals surface area contributed by atoms with Gasteiger partial charge in [0, 0.05) is 18.0 Å².